The van der Waals surface area contributed by atoms with E-state index in [4.69, 9.17) is 18.9 Å². The van der Waals surface area contributed by atoms with Crippen molar-refractivity contribution in [2.45, 2.75) is 72.6 Å². The van der Waals surface area contributed by atoms with Gasteiger partial charge in [0, 0.05) is 25.8 Å². The number of amides is 2. The third-order valence-corrected chi connectivity index (χ3v) is 6.30. The summed E-state index contributed by atoms with van der Waals surface area (Å²) in [5, 5.41) is 2.27. The van der Waals surface area contributed by atoms with E-state index in [2.05, 4.69) is 0 Å². The summed E-state index contributed by atoms with van der Waals surface area (Å²) < 4.78 is 39.2. The van der Waals surface area contributed by atoms with Gasteiger partial charge in [0.2, 0.25) is 5.43 Å². The van der Waals surface area contributed by atoms with E-state index in [0.717, 1.165) is 16.1 Å². The monoisotopic (exact) mass is 592 g/mol. The Balaban J connectivity index is 2.15. The Bertz CT molecular complexity index is 1370. The molecular formula is C29H41FN4O8. The SMILES string of the molecule is CCCn1cc(C(=O)OC)c(=O)c2cc(F)c(N3CCN(C(=O)OC(C)(C)C)N(C(=O)OC(C)(C)C)CC3)c(OC)c21. The quantitative estimate of drug-likeness (QED) is 0.364. The van der Waals surface area contributed by atoms with Crippen LogP contribution in [-0.4, -0.2) is 84.3 Å². The molecule has 13 heteroatoms. The Kier molecular flexibility index (Phi) is 9.63. The lowest BCUT2D eigenvalue weighted by atomic mass is 10.1. The van der Waals surface area contributed by atoms with Gasteiger partial charge in [0.1, 0.15) is 22.5 Å². The second-order valence-electron chi connectivity index (χ2n) is 11.9. The molecule has 1 fully saturated rings. The average Bonchev–Trinajstić information content (AvgIpc) is 3.10. The normalized spacial score (nSPS) is 14.5. The van der Waals surface area contributed by atoms with Crippen LogP contribution < -0.4 is 15.1 Å². The van der Waals surface area contributed by atoms with Crippen LogP contribution in [0.15, 0.2) is 17.1 Å². The zero-order chi connectivity index (χ0) is 31.6. The van der Waals surface area contributed by atoms with E-state index in [0.29, 0.717) is 18.5 Å². The maximum Gasteiger partial charge on any atom is 0.429 e. The van der Waals surface area contributed by atoms with E-state index < -0.39 is 40.6 Å². The first-order chi connectivity index (χ1) is 19.5. The molecule has 0 N–H and O–H groups in total. The van der Waals surface area contributed by atoms with E-state index in [9.17, 15) is 19.2 Å². The second-order valence-corrected chi connectivity index (χ2v) is 11.9. The van der Waals surface area contributed by atoms with Gasteiger partial charge in [0.25, 0.3) is 0 Å². The topological polar surface area (TPSA) is 120 Å². The van der Waals surface area contributed by atoms with Crippen molar-refractivity contribution < 1.29 is 37.7 Å². The minimum absolute atomic E-state index is 0.0370. The van der Waals surface area contributed by atoms with Gasteiger partial charge in [0.05, 0.1) is 38.2 Å². The van der Waals surface area contributed by atoms with Crippen LogP contribution in [0.5, 0.6) is 5.75 Å². The summed E-state index contributed by atoms with van der Waals surface area (Å²) in [6, 6.07) is 1.08. The lowest BCUT2D eigenvalue weighted by Crippen LogP contribution is -2.53. The minimum Gasteiger partial charge on any atom is -0.492 e. The molecule has 42 heavy (non-hydrogen) atoms. The van der Waals surface area contributed by atoms with Crippen molar-refractivity contribution >= 4 is 34.7 Å². The van der Waals surface area contributed by atoms with Crippen LogP contribution in [0.25, 0.3) is 10.9 Å². The fourth-order valence-corrected chi connectivity index (χ4v) is 4.67. The maximum absolute atomic E-state index is 16.0. The first kappa shape index (κ1) is 32.5. The number of methoxy groups -OCH3 is 2. The van der Waals surface area contributed by atoms with Crippen LogP contribution in [0.1, 0.15) is 65.2 Å². The van der Waals surface area contributed by atoms with Crippen LogP contribution in [0.2, 0.25) is 0 Å². The molecule has 1 saturated heterocycles. The van der Waals surface area contributed by atoms with Gasteiger partial charge < -0.3 is 28.4 Å². The predicted octanol–water partition coefficient (Wildman–Crippen LogP) is 4.56. The molecule has 0 unspecified atom stereocenters. The number of rotatable bonds is 5. The molecule has 1 aromatic carbocycles. The maximum atomic E-state index is 16.0. The molecule has 0 aliphatic carbocycles. The highest BCUT2D eigenvalue weighted by molar-refractivity contribution is 5.97. The van der Waals surface area contributed by atoms with Gasteiger partial charge in [-0.1, -0.05) is 6.92 Å². The van der Waals surface area contributed by atoms with Gasteiger partial charge in [-0.25, -0.2) is 28.8 Å². The Morgan fingerprint density at radius 2 is 1.43 bits per heavy atom. The zero-order valence-corrected chi connectivity index (χ0v) is 25.8. The molecule has 232 valence electrons. The first-order valence-corrected chi connectivity index (χ1v) is 13.8. The number of aryl methyl sites for hydroxylation is 1. The van der Waals surface area contributed by atoms with Crippen LogP contribution in [0.4, 0.5) is 19.7 Å². The molecule has 2 heterocycles. The summed E-state index contributed by atoms with van der Waals surface area (Å²) in [7, 11) is 2.53. The Morgan fingerprint density at radius 3 is 1.86 bits per heavy atom. The van der Waals surface area contributed by atoms with E-state index in [1.54, 1.807) is 51.0 Å². The third-order valence-electron chi connectivity index (χ3n) is 6.30. The van der Waals surface area contributed by atoms with Crippen LogP contribution in [0, 0.1) is 5.82 Å². The molecule has 0 saturated carbocycles. The molecule has 1 aliphatic heterocycles. The Labute approximate surface area is 244 Å². The number of ether oxygens (including phenoxy) is 4. The largest absolute Gasteiger partial charge is 0.492 e. The lowest BCUT2D eigenvalue weighted by molar-refractivity contribution is -0.0572. The fraction of sp³-hybridized carbons (Fsp3) is 0.586. The molecule has 2 amide bonds. The average molecular weight is 593 g/mol. The molecular weight excluding hydrogens is 551 g/mol. The van der Waals surface area contributed by atoms with Gasteiger partial charge in [-0.2, -0.15) is 0 Å². The number of benzene rings is 1. The van der Waals surface area contributed by atoms with Crippen LogP contribution in [-0.2, 0) is 20.8 Å². The van der Waals surface area contributed by atoms with Gasteiger partial charge in [-0.05, 0) is 54.0 Å². The summed E-state index contributed by atoms with van der Waals surface area (Å²) in [6.07, 6.45) is 0.524. The number of carbonyl (C=O) groups is 3. The van der Waals surface area contributed by atoms with Gasteiger partial charge in [0.15, 0.2) is 11.6 Å². The number of aromatic nitrogens is 1. The highest BCUT2D eigenvalue weighted by Crippen LogP contribution is 2.39. The number of nitrogens with zero attached hydrogens (tertiary/aromatic N) is 4. The molecule has 3 rings (SSSR count). The third kappa shape index (κ3) is 7.05. The summed E-state index contributed by atoms with van der Waals surface area (Å²) in [4.78, 5) is 53.6. The van der Waals surface area contributed by atoms with Crippen molar-refractivity contribution in [2.75, 3.05) is 45.3 Å². The summed E-state index contributed by atoms with van der Waals surface area (Å²) in [5.74, 6) is -1.51. The minimum atomic E-state index is -0.831. The smallest absolute Gasteiger partial charge is 0.429 e. The highest BCUT2D eigenvalue weighted by Gasteiger charge is 2.37. The summed E-state index contributed by atoms with van der Waals surface area (Å²) in [6.45, 7) is 12.7. The van der Waals surface area contributed by atoms with E-state index in [1.807, 2.05) is 6.92 Å². The number of hydrazine groups is 1. The van der Waals surface area contributed by atoms with Gasteiger partial charge in [-0.15, -0.1) is 0 Å². The van der Waals surface area contributed by atoms with E-state index in [-0.39, 0.29) is 48.6 Å². The molecule has 1 aliphatic rings. The van der Waals surface area contributed by atoms with Gasteiger partial charge in [-0.3, -0.25) is 4.79 Å². The van der Waals surface area contributed by atoms with Crippen LogP contribution >= 0.6 is 0 Å². The Morgan fingerprint density at radius 1 is 0.905 bits per heavy atom. The number of carbonyl (C=O) groups excluding carboxylic acids is 3. The Hall–Kier alpha value is -4.03. The number of hydrogen-bond donors (Lipinski definition) is 0. The molecule has 12 nitrogen and oxygen atoms in total. The number of esters is 1. The van der Waals surface area contributed by atoms with Gasteiger partial charge >= 0.3 is 18.2 Å². The van der Waals surface area contributed by atoms with Crippen molar-refractivity contribution in [1.82, 2.24) is 14.6 Å². The standard InChI is InChI=1S/C29H41FN4O8/c1-10-11-32-17-19(25(36)40-9)23(35)18-16-20(30)22(24(39-8)21(18)32)31-12-14-33(26(37)41-28(2,3)4)34(15-13-31)27(38)42-29(5,6)7/h16-17H,10-15H2,1-9H3. The molecule has 2 aromatic rings. The molecule has 1 aromatic heterocycles. The van der Waals surface area contributed by atoms with Crippen molar-refractivity contribution in [1.29, 1.82) is 0 Å². The molecule has 0 atom stereocenters. The lowest BCUT2D eigenvalue weighted by Gasteiger charge is -2.35. The van der Waals surface area contributed by atoms with E-state index >= 15 is 4.39 Å². The number of hydrogen-bond acceptors (Lipinski definition) is 9. The molecule has 0 bridgehead atoms. The van der Waals surface area contributed by atoms with Crippen molar-refractivity contribution in [3.63, 3.8) is 0 Å². The molecule has 0 radical (unpaired) electrons. The highest BCUT2D eigenvalue weighted by atomic mass is 19.1. The number of anilines is 1. The van der Waals surface area contributed by atoms with Crippen LogP contribution in [0.3, 0.4) is 0 Å². The number of fused-ring (bicyclic) bond motifs is 1. The van der Waals surface area contributed by atoms with E-state index in [1.165, 1.54) is 20.4 Å². The zero-order valence-electron chi connectivity index (χ0n) is 25.8. The summed E-state index contributed by atoms with van der Waals surface area (Å²) >= 11 is 0. The number of pyridine rings is 1. The van der Waals surface area contributed by atoms with Crippen molar-refractivity contribution in [3.8, 4) is 5.75 Å². The number of halogens is 1. The first-order valence-electron chi connectivity index (χ1n) is 13.8. The fourth-order valence-electron chi connectivity index (χ4n) is 4.67. The predicted molar refractivity (Wildman–Crippen MR) is 154 cm³/mol. The second kappa shape index (κ2) is 12.5. The van der Waals surface area contributed by atoms with Crippen molar-refractivity contribution in [3.05, 3.63) is 33.9 Å². The summed E-state index contributed by atoms with van der Waals surface area (Å²) in [5.41, 5.74) is -2.20. The van der Waals surface area contributed by atoms with Crippen molar-refractivity contribution in [2.24, 2.45) is 0 Å². The molecule has 0 spiro atoms.